The smallest absolute Gasteiger partial charge is 0.129 e. The number of rotatable bonds is 8. The van der Waals surface area contributed by atoms with Gasteiger partial charge in [-0.3, -0.25) is 0 Å². The van der Waals surface area contributed by atoms with Crippen molar-refractivity contribution in [1.82, 2.24) is 5.32 Å². The molecule has 0 aliphatic rings. The van der Waals surface area contributed by atoms with Crippen molar-refractivity contribution in [3.05, 3.63) is 29.6 Å². The lowest BCUT2D eigenvalue weighted by atomic mass is 10.1. The third-order valence-electron chi connectivity index (χ3n) is 2.83. The monoisotopic (exact) mass is 254 g/mol. The highest BCUT2D eigenvalue weighted by Crippen LogP contribution is 2.22. The molecule has 0 radical (unpaired) electrons. The molecule has 1 N–H and O–H groups in total. The van der Waals surface area contributed by atoms with E-state index in [1.54, 1.807) is 6.07 Å². The molecule has 0 atom stereocenters. The predicted molar refractivity (Wildman–Crippen MR) is 73.5 cm³/mol. The predicted octanol–water partition coefficient (Wildman–Crippen LogP) is 2.41. The molecule has 0 fully saturated rings. The van der Waals surface area contributed by atoms with Crippen molar-refractivity contribution >= 4 is 5.69 Å². The van der Waals surface area contributed by atoms with Gasteiger partial charge in [-0.15, -0.1) is 0 Å². The second-order valence-corrected chi connectivity index (χ2v) is 4.14. The van der Waals surface area contributed by atoms with E-state index < -0.39 is 0 Å². The van der Waals surface area contributed by atoms with Crippen LogP contribution in [0.2, 0.25) is 0 Å². The van der Waals surface area contributed by atoms with Crippen LogP contribution in [0.15, 0.2) is 18.2 Å². The first kappa shape index (κ1) is 14.9. The van der Waals surface area contributed by atoms with E-state index in [1.807, 2.05) is 31.9 Å². The van der Waals surface area contributed by atoms with Crippen LogP contribution in [0.3, 0.4) is 0 Å². The van der Waals surface area contributed by atoms with Crippen molar-refractivity contribution in [1.29, 1.82) is 0 Å². The molecule has 102 valence electrons. The fourth-order valence-electron chi connectivity index (χ4n) is 1.80. The second-order valence-electron chi connectivity index (χ2n) is 4.14. The summed E-state index contributed by atoms with van der Waals surface area (Å²) in [7, 11) is 1.96. The Morgan fingerprint density at radius 1 is 1.33 bits per heavy atom. The summed E-state index contributed by atoms with van der Waals surface area (Å²) in [5.74, 6) is -0.156. The minimum absolute atomic E-state index is 0.156. The largest absolute Gasteiger partial charge is 0.380 e. The van der Waals surface area contributed by atoms with Gasteiger partial charge in [-0.05, 0) is 25.6 Å². The van der Waals surface area contributed by atoms with Crippen LogP contribution in [-0.2, 0) is 11.3 Å². The highest BCUT2D eigenvalue weighted by molar-refractivity contribution is 5.53. The molecule has 3 nitrogen and oxygen atoms in total. The van der Waals surface area contributed by atoms with Gasteiger partial charge in [0.25, 0.3) is 0 Å². The van der Waals surface area contributed by atoms with Crippen LogP contribution >= 0.6 is 0 Å². The summed E-state index contributed by atoms with van der Waals surface area (Å²) in [4.78, 5) is 2.03. The van der Waals surface area contributed by atoms with Gasteiger partial charge in [0.15, 0.2) is 0 Å². The molecular formula is C14H23FN2O. The minimum atomic E-state index is -0.156. The van der Waals surface area contributed by atoms with Crippen LogP contribution in [0.5, 0.6) is 0 Å². The van der Waals surface area contributed by atoms with Crippen molar-refractivity contribution in [2.75, 3.05) is 38.3 Å². The van der Waals surface area contributed by atoms with Crippen molar-refractivity contribution in [2.24, 2.45) is 0 Å². The Bertz CT molecular complexity index is 358. The fourth-order valence-corrected chi connectivity index (χ4v) is 1.80. The van der Waals surface area contributed by atoms with E-state index in [0.29, 0.717) is 19.8 Å². The zero-order chi connectivity index (χ0) is 13.4. The average molecular weight is 254 g/mol. The normalized spacial score (nSPS) is 10.7. The number of ether oxygens (including phenoxy) is 1. The van der Waals surface area contributed by atoms with Gasteiger partial charge < -0.3 is 15.0 Å². The molecule has 1 aromatic rings. The summed E-state index contributed by atoms with van der Waals surface area (Å²) >= 11 is 0. The van der Waals surface area contributed by atoms with E-state index in [0.717, 1.165) is 24.3 Å². The highest BCUT2D eigenvalue weighted by Gasteiger charge is 2.11. The molecule has 18 heavy (non-hydrogen) atoms. The summed E-state index contributed by atoms with van der Waals surface area (Å²) in [6.07, 6.45) is 0. The Hall–Kier alpha value is -1.13. The van der Waals surface area contributed by atoms with Gasteiger partial charge in [0.2, 0.25) is 0 Å². The number of anilines is 1. The minimum Gasteiger partial charge on any atom is -0.380 e. The van der Waals surface area contributed by atoms with E-state index in [1.165, 1.54) is 6.07 Å². The Morgan fingerprint density at radius 2 is 2.11 bits per heavy atom. The van der Waals surface area contributed by atoms with E-state index >= 15 is 0 Å². The van der Waals surface area contributed by atoms with Crippen molar-refractivity contribution in [2.45, 2.75) is 20.4 Å². The topological polar surface area (TPSA) is 24.5 Å². The Balaban J connectivity index is 2.75. The van der Waals surface area contributed by atoms with Crippen LogP contribution < -0.4 is 10.2 Å². The van der Waals surface area contributed by atoms with E-state index in [9.17, 15) is 4.39 Å². The van der Waals surface area contributed by atoms with Crippen molar-refractivity contribution in [3.8, 4) is 0 Å². The standard InChI is InChI=1S/C14H23FN2O/c1-4-16-11-12-13(15)7-6-8-14(12)17(3)9-10-18-5-2/h6-8,16H,4-5,9-11H2,1-3H3. The maximum atomic E-state index is 13.8. The van der Waals surface area contributed by atoms with Gasteiger partial charge in [0, 0.05) is 38.0 Å². The van der Waals surface area contributed by atoms with E-state index in [-0.39, 0.29) is 5.82 Å². The van der Waals surface area contributed by atoms with Gasteiger partial charge in [-0.1, -0.05) is 13.0 Å². The maximum absolute atomic E-state index is 13.8. The molecule has 1 rings (SSSR count). The summed E-state index contributed by atoms with van der Waals surface area (Å²) in [6.45, 7) is 7.49. The zero-order valence-corrected chi connectivity index (χ0v) is 11.5. The van der Waals surface area contributed by atoms with Gasteiger partial charge in [0.1, 0.15) is 5.82 Å². The Kier molecular flexibility index (Phi) is 6.68. The number of benzene rings is 1. The van der Waals surface area contributed by atoms with Crippen LogP contribution in [0, 0.1) is 5.82 Å². The maximum Gasteiger partial charge on any atom is 0.129 e. The van der Waals surface area contributed by atoms with E-state index in [4.69, 9.17) is 4.74 Å². The van der Waals surface area contributed by atoms with Crippen LogP contribution in [0.1, 0.15) is 19.4 Å². The summed E-state index contributed by atoms with van der Waals surface area (Å²) in [6, 6.07) is 5.20. The number of hydrogen-bond acceptors (Lipinski definition) is 3. The zero-order valence-electron chi connectivity index (χ0n) is 11.5. The third-order valence-corrected chi connectivity index (χ3v) is 2.83. The number of halogens is 1. The summed E-state index contributed by atoms with van der Waals surface area (Å²) < 4.78 is 19.2. The number of nitrogens with one attached hydrogen (secondary N) is 1. The molecule has 0 aromatic heterocycles. The van der Waals surface area contributed by atoms with Crippen LogP contribution in [0.4, 0.5) is 10.1 Å². The number of likely N-dealkylation sites (N-methyl/N-ethyl adjacent to an activating group) is 1. The molecule has 0 aliphatic carbocycles. The first-order chi connectivity index (χ1) is 8.70. The molecule has 4 heteroatoms. The fraction of sp³-hybridized carbons (Fsp3) is 0.571. The Labute approximate surface area is 109 Å². The average Bonchev–Trinajstić information content (AvgIpc) is 2.37. The molecule has 0 aliphatic heterocycles. The van der Waals surface area contributed by atoms with Crippen LogP contribution in [-0.4, -0.2) is 33.4 Å². The van der Waals surface area contributed by atoms with Gasteiger partial charge >= 0.3 is 0 Å². The molecule has 0 saturated carbocycles. The van der Waals surface area contributed by atoms with Gasteiger partial charge in [-0.25, -0.2) is 4.39 Å². The van der Waals surface area contributed by atoms with E-state index in [2.05, 4.69) is 5.32 Å². The molecular weight excluding hydrogens is 231 g/mol. The Morgan fingerprint density at radius 3 is 2.78 bits per heavy atom. The molecule has 0 unspecified atom stereocenters. The van der Waals surface area contributed by atoms with Crippen LogP contribution in [0.25, 0.3) is 0 Å². The highest BCUT2D eigenvalue weighted by atomic mass is 19.1. The molecule has 0 amide bonds. The second kappa shape index (κ2) is 8.06. The lowest BCUT2D eigenvalue weighted by Gasteiger charge is -2.23. The quantitative estimate of drug-likeness (QED) is 0.721. The first-order valence-corrected chi connectivity index (χ1v) is 6.47. The third kappa shape index (κ3) is 4.27. The molecule has 0 heterocycles. The molecule has 0 spiro atoms. The number of nitrogens with zero attached hydrogens (tertiary/aromatic N) is 1. The first-order valence-electron chi connectivity index (χ1n) is 6.47. The SMILES string of the molecule is CCNCc1c(F)cccc1N(C)CCOCC. The van der Waals surface area contributed by atoms with Crippen molar-refractivity contribution < 1.29 is 9.13 Å². The molecule has 0 saturated heterocycles. The molecule has 1 aromatic carbocycles. The lowest BCUT2D eigenvalue weighted by Crippen LogP contribution is -2.25. The summed E-state index contributed by atoms with van der Waals surface area (Å²) in [5.41, 5.74) is 1.65. The van der Waals surface area contributed by atoms with Crippen molar-refractivity contribution in [3.63, 3.8) is 0 Å². The molecule has 0 bridgehead atoms. The van der Waals surface area contributed by atoms with Gasteiger partial charge in [-0.2, -0.15) is 0 Å². The van der Waals surface area contributed by atoms with Gasteiger partial charge in [0.05, 0.1) is 6.61 Å². The number of hydrogen-bond donors (Lipinski definition) is 1. The summed E-state index contributed by atoms with van der Waals surface area (Å²) in [5, 5.41) is 3.17. The lowest BCUT2D eigenvalue weighted by molar-refractivity contribution is 0.154.